The van der Waals surface area contributed by atoms with Crippen molar-refractivity contribution in [1.29, 1.82) is 0 Å². The van der Waals surface area contributed by atoms with Crippen LogP contribution in [0, 0.1) is 0 Å². The number of carboxylic acid groups (broad SMARTS) is 1. The molecule has 1 N–H and O–H groups in total. The number of nitrogens with zero attached hydrogens (tertiary/aromatic N) is 1. The molecule has 1 aliphatic heterocycles. The van der Waals surface area contributed by atoms with E-state index in [0.29, 0.717) is 18.2 Å². The molecule has 5 nitrogen and oxygen atoms in total. The number of benzene rings is 1. The second-order valence-corrected chi connectivity index (χ2v) is 4.54. The van der Waals surface area contributed by atoms with Gasteiger partial charge in [0.15, 0.2) is 0 Å². The number of fused-ring (bicyclic) bond motifs is 1. The van der Waals surface area contributed by atoms with Gasteiger partial charge in [0, 0.05) is 0 Å². The lowest BCUT2D eigenvalue weighted by molar-refractivity contribution is -0.171. The molecule has 0 bridgehead atoms. The van der Waals surface area contributed by atoms with Crippen LogP contribution in [0.15, 0.2) is 18.2 Å². The lowest BCUT2D eigenvalue weighted by Gasteiger charge is -2.33. The van der Waals surface area contributed by atoms with Gasteiger partial charge in [0.1, 0.15) is 5.75 Å². The summed E-state index contributed by atoms with van der Waals surface area (Å²) in [5, 5.41) is 8.83. The fourth-order valence-electron chi connectivity index (χ4n) is 1.93. The smallest absolute Gasteiger partial charge is 0.471 e. The molecule has 1 aromatic rings. The molecule has 0 spiro atoms. The van der Waals surface area contributed by atoms with Gasteiger partial charge < -0.3 is 9.84 Å². The molecular weight excluding hydrogens is 336 g/mol. The van der Waals surface area contributed by atoms with Crippen molar-refractivity contribution in [3.8, 4) is 5.75 Å². The summed E-state index contributed by atoms with van der Waals surface area (Å²) in [4.78, 5) is 22.2. The van der Waals surface area contributed by atoms with Gasteiger partial charge in [0.2, 0.25) is 6.10 Å². The maximum absolute atomic E-state index is 12.7. The Morgan fingerprint density at radius 3 is 2.26 bits per heavy atom. The zero-order valence-electron chi connectivity index (χ0n) is 10.9. The number of rotatable bonds is 1. The summed E-state index contributed by atoms with van der Waals surface area (Å²) < 4.78 is 80.6. The molecule has 0 fully saturated rings. The van der Waals surface area contributed by atoms with Crippen LogP contribution in [-0.2, 0) is 15.8 Å². The molecule has 11 heteroatoms. The van der Waals surface area contributed by atoms with Crippen molar-refractivity contribution in [1.82, 2.24) is 0 Å². The van der Waals surface area contributed by atoms with Gasteiger partial charge in [-0.2, -0.15) is 26.3 Å². The predicted octanol–water partition coefficient (Wildman–Crippen LogP) is 2.45. The van der Waals surface area contributed by atoms with Crippen LogP contribution < -0.4 is 9.64 Å². The van der Waals surface area contributed by atoms with E-state index in [9.17, 15) is 35.9 Å². The van der Waals surface area contributed by atoms with Gasteiger partial charge in [-0.05, 0) is 18.2 Å². The molecule has 0 saturated carbocycles. The SMILES string of the molecule is O=C(O)C1CN(C(=O)C(F)(F)F)c2cc(C(F)(F)F)ccc2O1. The normalized spacial score (nSPS) is 18.2. The van der Waals surface area contributed by atoms with Crippen molar-refractivity contribution in [2.45, 2.75) is 18.5 Å². The molecule has 1 atom stereocenters. The number of carbonyl (C=O) groups is 2. The third-order valence-corrected chi connectivity index (χ3v) is 2.96. The van der Waals surface area contributed by atoms with Crippen LogP contribution in [0.4, 0.5) is 32.0 Å². The molecule has 1 unspecified atom stereocenters. The molecular formula is C12H7F6NO4. The second kappa shape index (κ2) is 5.32. The van der Waals surface area contributed by atoms with Crippen LogP contribution in [0.5, 0.6) is 5.75 Å². The highest BCUT2D eigenvalue weighted by Crippen LogP contribution is 2.40. The molecule has 0 saturated heterocycles. The van der Waals surface area contributed by atoms with Crippen LogP contribution >= 0.6 is 0 Å². The standard InChI is InChI=1S/C12H7F6NO4/c13-11(14,15)5-1-2-7-6(3-5)19(10(22)12(16,17)18)4-8(23-7)9(20)21/h1-3,8H,4H2,(H,20,21). The van der Waals surface area contributed by atoms with E-state index in [-0.39, 0.29) is 4.90 Å². The van der Waals surface area contributed by atoms with E-state index >= 15 is 0 Å². The van der Waals surface area contributed by atoms with Gasteiger partial charge >= 0.3 is 24.2 Å². The maximum Gasteiger partial charge on any atom is 0.471 e. The van der Waals surface area contributed by atoms with Gasteiger partial charge in [-0.25, -0.2) is 4.79 Å². The molecule has 1 amide bonds. The highest BCUT2D eigenvalue weighted by atomic mass is 19.4. The Balaban J connectivity index is 2.54. The number of alkyl halides is 6. The Morgan fingerprint density at radius 2 is 1.78 bits per heavy atom. The van der Waals surface area contributed by atoms with Crippen molar-refractivity contribution >= 4 is 17.6 Å². The first-order chi connectivity index (χ1) is 10.4. The van der Waals surface area contributed by atoms with Crippen LogP contribution in [0.3, 0.4) is 0 Å². The molecule has 0 aromatic heterocycles. The molecule has 23 heavy (non-hydrogen) atoms. The Kier molecular flexibility index (Phi) is 3.91. The molecule has 1 aliphatic rings. The number of ether oxygens (including phenoxy) is 1. The second-order valence-electron chi connectivity index (χ2n) is 4.54. The monoisotopic (exact) mass is 343 g/mol. The third-order valence-electron chi connectivity index (χ3n) is 2.96. The van der Waals surface area contributed by atoms with E-state index < -0.39 is 53.9 Å². The summed E-state index contributed by atoms with van der Waals surface area (Å²) in [6, 6.07) is 1.49. The van der Waals surface area contributed by atoms with Gasteiger partial charge in [0.25, 0.3) is 0 Å². The zero-order chi connectivity index (χ0) is 17.6. The lowest BCUT2D eigenvalue weighted by Crippen LogP contribution is -2.51. The summed E-state index contributed by atoms with van der Waals surface area (Å²) in [5.74, 6) is -4.70. The largest absolute Gasteiger partial charge is 0.478 e. The van der Waals surface area contributed by atoms with E-state index in [1.54, 1.807) is 0 Å². The van der Waals surface area contributed by atoms with Crippen molar-refractivity contribution < 1.29 is 45.8 Å². The van der Waals surface area contributed by atoms with Gasteiger partial charge in [-0.1, -0.05) is 0 Å². The van der Waals surface area contributed by atoms with Gasteiger partial charge in [-0.15, -0.1) is 0 Å². The first-order valence-electron chi connectivity index (χ1n) is 5.90. The minimum absolute atomic E-state index is 0.0765. The molecule has 1 heterocycles. The van der Waals surface area contributed by atoms with E-state index in [4.69, 9.17) is 9.84 Å². The Bertz CT molecular complexity index is 654. The Hall–Kier alpha value is -2.46. The molecule has 126 valence electrons. The van der Waals surface area contributed by atoms with Crippen molar-refractivity contribution in [3.63, 3.8) is 0 Å². The number of hydrogen-bond acceptors (Lipinski definition) is 3. The number of carbonyl (C=O) groups excluding carboxylic acids is 1. The molecule has 0 radical (unpaired) electrons. The fraction of sp³-hybridized carbons (Fsp3) is 0.333. The minimum atomic E-state index is -5.38. The minimum Gasteiger partial charge on any atom is -0.478 e. The average molecular weight is 343 g/mol. The average Bonchev–Trinajstić information content (AvgIpc) is 2.42. The van der Waals surface area contributed by atoms with E-state index in [0.717, 1.165) is 0 Å². The summed E-state index contributed by atoms with van der Waals surface area (Å²) in [6.45, 7) is -1.07. The van der Waals surface area contributed by atoms with Crippen LogP contribution in [-0.4, -0.2) is 35.8 Å². The number of hydrogen-bond donors (Lipinski definition) is 1. The van der Waals surface area contributed by atoms with Gasteiger partial charge in [0.05, 0.1) is 17.8 Å². The van der Waals surface area contributed by atoms with Gasteiger partial charge in [-0.3, -0.25) is 9.69 Å². The third kappa shape index (κ3) is 3.32. The number of anilines is 1. The maximum atomic E-state index is 12.7. The first-order valence-corrected chi connectivity index (χ1v) is 5.90. The lowest BCUT2D eigenvalue weighted by atomic mass is 10.1. The Labute approximate surface area is 124 Å². The highest BCUT2D eigenvalue weighted by molar-refractivity contribution is 6.00. The molecule has 2 rings (SSSR count). The highest BCUT2D eigenvalue weighted by Gasteiger charge is 2.47. The molecule has 1 aromatic carbocycles. The number of carboxylic acids is 1. The van der Waals surface area contributed by atoms with Crippen molar-refractivity contribution in [2.24, 2.45) is 0 Å². The topological polar surface area (TPSA) is 66.8 Å². The number of aliphatic carboxylic acids is 1. The quantitative estimate of drug-likeness (QED) is 0.796. The summed E-state index contributed by atoms with van der Waals surface area (Å²) in [6.07, 6.45) is -12.1. The van der Waals surface area contributed by atoms with E-state index in [2.05, 4.69) is 0 Å². The summed E-state index contributed by atoms with van der Waals surface area (Å²) in [7, 11) is 0. The first kappa shape index (κ1) is 16.9. The number of halogens is 6. The number of amides is 1. The fourth-order valence-corrected chi connectivity index (χ4v) is 1.93. The van der Waals surface area contributed by atoms with Crippen molar-refractivity contribution in [3.05, 3.63) is 23.8 Å². The predicted molar refractivity (Wildman–Crippen MR) is 61.9 cm³/mol. The van der Waals surface area contributed by atoms with Crippen LogP contribution in [0.1, 0.15) is 5.56 Å². The zero-order valence-corrected chi connectivity index (χ0v) is 10.9. The Morgan fingerprint density at radius 1 is 1.17 bits per heavy atom. The van der Waals surface area contributed by atoms with Crippen molar-refractivity contribution in [2.75, 3.05) is 11.4 Å². The van der Waals surface area contributed by atoms with E-state index in [1.807, 2.05) is 0 Å². The van der Waals surface area contributed by atoms with E-state index in [1.165, 1.54) is 0 Å². The van der Waals surface area contributed by atoms with Crippen LogP contribution in [0.2, 0.25) is 0 Å². The molecule has 0 aliphatic carbocycles. The van der Waals surface area contributed by atoms with Crippen LogP contribution in [0.25, 0.3) is 0 Å². The summed E-state index contributed by atoms with van der Waals surface area (Å²) in [5.41, 5.74) is -2.09. The summed E-state index contributed by atoms with van der Waals surface area (Å²) >= 11 is 0.